The Kier molecular flexibility index (Phi) is 6.04. The van der Waals surface area contributed by atoms with E-state index >= 15 is 0 Å². The summed E-state index contributed by atoms with van der Waals surface area (Å²) in [5.74, 6) is 0.257. The van der Waals surface area contributed by atoms with Crippen LogP contribution in [0.25, 0.3) is 6.08 Å². The fourth-order valence-electron chi connectivity index (χ4n) is 3.00. The summed E-state index contributed by atoms with van der Waals surface area (Å²) in [4.78, 5) is 36.5. The number of anilines is 1. The second-order valence-corrected chi connectivity index (χ2v) is 7.33. The summed E-state index contributed by atoms with van der Waals surface area (Å²) in [5, 5.41) is 1.89. The minimum atomic E-state index is -0.370. The number of hydrogen-bond acceptors (Lipinski definition) is 7. The molecule has 0 bridgehead atoms. The van der Waals surface area contributed by atoms with E-state index in [2.05, 4.69) is 20.2 Å². The molecule has 2 aliphatic heterocycles. The molecule has 2 aliphatic rings. The number of thioether (sulfide) groups is 1. The Morgan fingerprint density at radius 3 is 2.84 bits per heavy atom. The molecule has 2 fully saturated rings. The van der Waals surface area contributed by atoms with E-state index in [4.69, 9.17) is 0 Å². The van der Waals surface area contributed by atoms with Crippen molar-refractivity contribution >= 4 is 34.9 Å². The van der Waals surface area contributed by atoms with Gasteiger partial charge < -0.3 is 9.80 Å². The van der Waals surface area contributed by atoms with Crippen molar-refractivity contribution in [3.63, 3.8) is 0 Å². The highest BCUT2D eigenvalue weighted by Crippen LogP contribution is 2.25. The first-order valence-electron chi connectivity index (χ1n) is 8.63. The van der Waals surface area contributed by atoms with E-state index in [1.165, 1.54) is 32.4 Å². The highest BCUT2D eigenvalue weighted by Gasteiger charge is 2.25. The Bertz CT molecular complexity index is 673. The number of nitrogens with zero attached hydrogens (tertiary/aromatic N) is 4. The number of imide groups is 1. The van der Waals surface area contributed by atoms with E-state index in [1.807, 2.05) is 11.9 Å². The Morgan fingerprint density at radius 1 is 1.32 bits per heavy atom. The monoisotopic (exact) mass is 361 g/mol. The van der Waals surface area contributed by atoms with Crippen LogP contribution in [0.4, 0.5) is 10.7 Å². The molecule has 0 saturated carbocycles. The fourth-order valence-corrected chi connectivity index (χ4v) is 3.66. The molecule has 2 saturated heterocycles. The van der Waals surface area contributed by atoms with Crippen molar-refractivity contribution in [1.82, 2.24) is 20.2 Å². The van der Waals surface area contributed by atoms with Gasteiger partial charge in [-0.15, -0.1) is 0 Å². The van der Waals surface area contributed by atoms with Gasteiger partial charge in [0.15, 0.2) is 0 Å². The van der Waals surface area contributed by atoms with Crippen LogP contribution in [-0.4, -0.2) is 59.2 Å². The molecule has 0 atom stereocenters. The number of rotatable bonds is 6. The Balaban J connectivity index is 1.56. The van der Waals surface area contributed by atoms with Crippen molar-refractivity contribution in [3.8, 4) is 0 Å². The lowest BCUT2D eigenvalue weighted by Gasteiger charge is -2.27. The lowest BCUT2D eigenvalue weighted by molar-refractivity contribution is -0.115. The largest absolute Gasteiger partial charge is 0.344 e. The quantitative estimate of drug-likeness (QED) is 0.778. The van der Waals surface area contributed by atoms with Crippen LogP contribution >= 0.6 is 11.8 Å². The molecular weight excluding hydrogens is 338 g/mol. The molecule has 134 valence electrons. The van der Waals surface area contributed by atoms with Crippen LogP contribution in [0.5, 0.6) is 0 Å². The van der Waals surface area contributed by atoms with Crippen molar-refractivity contribution in [3.05, 3.63) is 22.9 Å². The van der Waals surface area contributed by atoms with Crippen LogP contribution in [0.15, 0.2) is 17.2 Å². The van der Waals surface area contributed by atoms with Crippen molar-refractivity contribution in [1.29, 1.82) is 0 Å². The van der Waals surface area contributed by atoms with Crippen LogP contribution < -0.4 is 10.2 Å². The molecule has 0 radical (unpaired) electrons. The molecular formula is C17H23N5O2S. The van der Waals surface area contributed by atoms with Crippen molar-refractivity contribution < 1.29 is 9.59 Å². The van der Waals surface area contributed by atoms with Crippen LogP contribution in [0, 0.1) is 0 Å². The third kappa shape index (κ3) is 5.02. The first-order valence-corrected chi connectivity index (χ1v) is 9.45. The van der Waals surface area contributed by atoms with E-state index in [1.54, 1.807) is 18.3 Å². The Hall–Kier alpha value is -1.93. The molecule has 1 N–H and O–H groups in total. The molecule has 3 rings (SSSR count). The summed E-state index contributed by atoms with van der Waals surface area (Å²) in [6.45, 7) is 4.40. The van der Waals surface area contributed by atoms with Gasteiger partial charge in [0.2, 0.25) is 5.95 Å². The lowest BCUT2D eigenvalue weighted by Crippen LogP contribution is -2.32. The minimum absolute atomic E-state index is 0.347. The van der Waals surface area contributed by atoms with Crippen molar-refractivity contribution in [2.24, 2.45) is 0 Å². The van der Waals surface area contributed by atoms with E-state index in [0.29, 0.717) is 16.5 Å². The van der Waals surface area contributed by atoms with Gasteiger partial charge in [-0.3, -0.25) is 14.9 Å². The van der Waals surface area contributed by atoms with Crippen LogP contribution in [0.2, 0.25) is 0 Å². The smallest absolute Gasteiger partial charge is 0.290 e. The number of piperidine rings is 1. The van der Waals surface area contributed by atoms with Crippen molar-refractivity contribution in [2.45, 2.75) is 25.7 Å². The van der Waals surface area contributed by atoms with Gasteiger partial charge in [-0.25, -0.2) is 9.97 Å². The van der Waals surface area contributed by atoms with Gasteiger partial charge in [0.25, 0.3) is 11.1 Å². The second-order valence-electron chi connectivity index (χ2n) is 6.31. The van der Waals surface area contributed by atoms with Crippen molar-refractivity contribution in [2.75, 3.05) is 38.1 Å². The summed E-state index contributed by atoms with van der Waals surface area (Å²) in [6.07, 6.45) is 8.34. The summed E-state index contributed by atoms with van der Waals surface area (Å²) < 4.78 is 0. The van der Waals surface area contributed by atoms with Gasteiger partial charge in [0.05, 0.1) is 10.6 Å². The maximum Gasteiger partial charge on any atom is 0.290 e. The maximum atomic E-state index is 11.6. The summed E-state index contributed by atoms with van der Waals surface area (Å²) >= 11 is 0.894. The average Bonchev–Trinajstić information content (AvgIpc) is 2.93. The van der Waals surface area contributed by atoms with Gasteiger partial charge >= 0.3 is 0 Å². The molecule has 0 unspecified atom stereocenters. The number of likely N-dealkylation sites (tertiary alicyclic amines) is 1. The molecule has 0 aliphatic carbocycles. The topological polar surface area (TPSA) is 78.4 Å². The third-order valence-electron chi connectivity index (χ3n) is 4.34. The summed E-state index contributed by atoms with van der Waals surface area (Å²) in [6, 6.07) is 1.73. The predicted octanol–water partition coefficient (Wildman–Crippen LogP) is 2.11. The highest BCUT2D eigenvalue weighted by molar-refractivity contribution is 8.18. The summed E-state index contributed by atoms with van der Waals surface area (Å²) in [5.41, 5.74) is 0.625. The molecule has 0 aromatic carbocycles. The number of aromatic nitrogens is 2. The highest BCUT2D eigenvalue weighted by atomic mass is 32.2. The van der Waals surface area contributed by atoms with Gasteiger partial charge in [-0.05, 0) is 62.8 Å². The zero-order valence-corrected chi connectivity index (χ0v) is 15.2. The van der Waals surface area contributed by atoms with Crippen LogP contribution in [-0.2, 0) is 4.79 Å². The lowest BCUT2D eigenvalue weighted by atomic mass is 10.1. The molecule has 3 heterocycles. The first-order chi connectivity index (χ1) is 12.1. The zero-order valence-electron chi connectivity index (χ0n) is 14.4. The molecule has 7 nitrogen and oxygen atoms in total. The third-order valence-corrected chi connectivity index (χ3v) is 5.15. The zero-order chi connectivity index (χ0) is 17.6. The SMILES string of the molecule is CN(CCCN1CCCCC1)c1nccc(C=C2SC(=O)NC2=O)n1. The van der Waals surface area contributed by atoms with E-state index in [0.717, 1.165) is 31.3 Å². The normalized spacial score (nSPS) is 20.1. The summed E-state index contributed by atoms with van der Waals surface area (Å²) in [7, 11) is 1.98. The Morgan fingerprint density at radius 2 is 2.12 bits per heavy atom. The van der Waals surface area contributed by atoms with E-state index < -0.39 is 0 Å². The number of carbonyl (C=O) groups excluding carboxylic acids is 2. The first kappa shape index (κ1) is 17.9. The average molecular weight is 361 g/mol. The standard InChI is InChI=1S/C17H23N5O2S/c1-21(8-5-11-22-9-3-2-4-10-22)16-18-7-6-13(19-16)12-14-15(23)20-17(24)25-14/h6-7,12H,2-5,8-11H2,1H3,(H,20,23,24). The second kappa shape index (κ2) is 8.44. The van der Waals surface area contributed by atoms with E-state index in [9.17, 15) is 9.59 Å². The number of carbonyl (C=O) groups is 2. The predicted molar refractivity (Wildman–Crippen MR) is 99.3 cm³/mol. The number of amides is 2. The number of hydrogen-bond donors (Lipinski definition) is 1. The van der Waals surface area contributed by atoms with Gasteiger partial charge in [-0.1, -0.05) is 6.42 Å². The fraction of sp³-hybridized carbons (Fsp3) is 0.529. The maximum absolute atomic E-state index is 11.6. The van der Waals surface area contributed by atoms with E-state index in [-0.39, 0.29) is 11.1 Å². The number of nitrogens with one attached hydrogen (secondary N) is 1. The van der Waals surface area contributed by atoms with Gasteiger partial charge in [0, 0.05) is 19.8 Å². The van der Waals surface area contributed by atoms with Gasteiger partial charge in [0.1, 0.15) is 0 Å². The van der Waals surface area contributed by atoms with Crippen LogP contribution in [0.3, 0.4) is 0 Å². The minimum Gasteiger partial charge on any atom is -0.344 e. The Labute approximate surface area is 151 Å². The van der Waals surface area contributed by atoms with Crippen LogP contribution in [0.1, 0.15) is 31.4 Å². The molecule has 1 aromatic rings. The molecule has 8 heteroatoms. The molecule has 2 amide bonds. The molecule has 1 aromatic heterocycles. The molecule has 25 heavy (non-hydrogen) atoms. The van der Waals surface area contributed by atoms with Gasteiger partial charge in [-0.2, -0.15) is 0 Å². The molecule has 0 spiro atoms.